The SMILES string of the molecule is COc1cccc(CN2C[C@]34C=C[C@H](O3)[C@H](C(=O)N3CCNC(=O)CC3)[C@@H]4C2=O)c1. The molecule has 4 heterocycles. The minimum atomic E-state index is -0.735. The Labute approximate surface area is 174 Å². The highest BCUT2D eigenvalue weighted by atomic mass is 16.5. The molecule has 8 heteroatoms. The van der Waals surface area contributed by atoms with Gasteiger partial charge in [-0.3, -0.25) is 14.4 Å². The molecular weight excluding hydrogens is 386 g/mol. The molecule has 3 amide bonds. The van der Waals surface area contributed by atoms with Gasteiger partial charge in [0.15, 0.2) is 0 Å². The zero-order chi connectivity index (χ0) is 20.9. The summed E-state index contributed by atoms with van der Waals surface area (Å²) in [6, 6.07) is 7.64. The molecule has 0 unspecified atom stereocenters. The van der Waals surface area contributed by atoms with E-state index in [-0.39, 0.29) is 30.2 Å². The average Bonchev–Trinajstić information content (AvgIpc) is 3.32. The number of nitrogens with zero attached hydrogens (tertiary/aromatic N) is 2. The van der Waals surface area contributed by atoms with E-state index in [0.717, 1.165) is 11.3 Å². The zero-order valence-electron chi connectivity index (χ0n) is 16.9. The summed E-state index contributed by atoms with van der Waals surface area (Å²) in [7, 11) is 1.61. The number of amides is 3. The number of rotatable bonds is 4. The lowest BCUT2D eigenvalue weighted by molar-refractivity contribution is -0.143. The largest absolute Gasteiger partial charge is 0.497 e. The second-order valence-electron chi connectivity index (χ2n) is 8.37. The van der Waals surface area contributed by atoms with Crippen LogP contribution in [-0.2, 0) is 25.7 Å². The number of fused-ring (bicyclic) bond motifs is 1. The van der Waals surface area contributed by atoms with Gasteiger partial charge in [0.25, 0.3) is 0 Å². The fourth-order valence-electron chi connectivity index (χ4n) is 5.18. The first-order chi connectivity index (χ1) is 14.5. The molecule has 3 fully saturated rings. The molecule has 4 aliphatic rings. The maximum Gasteiger partial charge on any atom is 0.230 e. The van der Waals surface area contributed by atoms with Gasteiger partial charge in [-0.2, -0.15) is 0 Å². The van der Waals surface area contributed by atoms with E-state index in [2.05, 4.69) is 5.32 Å². The minimum Gasteiger partial charge on any atom is -0.497 e. The summed E-state index contributed by atoms with van der Waals surface area (Å²) in [5.41, 5.74) is 0.235. The van der Waals surface area contributed by atoms with Gasteiger partial charge in [-0.15, -0.1) is 0 Å². The standard InChI is InChI=1S/C22H25N3O5/c1-29-15-4-2-3-14(11-15)12-25-13-22-7-5-16(30-22)18(19(22)21(25)28)20(27)24-9-6-17(26)23-8-10-24/h2-5,7,11,16,18-19H,6,8-10,12-13H2,1H3,(H,23,26)/t16-,18-,19+,22-/m0/s1. The fourth-order valence-corrected chi connectivity index (χ4v) is 5.18. The van der Waals surface area contributed by atoms with Crippen LogP contribution in [0.4, 0.5) is 0 Å². The number of hydrogen-bond acceptors (Lipinski definition) is 5. The van der Waals surface area contributed by atoms with Crippen molar-refractivity contribution in [2.75, 3.05) is 33.3 Å². The average molecular weight is 411 g/mol. The molecule has 0 aliphatic carbocycles. The smallest absolute Gasteiger partial charge is 0.230 e. The summed E-state index contributed by atoms with van der Waals surface area (Å²) >= 11 is 0. The number of nitrogens with one attached hydrogen (secondary N) is 1. The van der Waals surface area contributed by atoms with E-state index in [1.165, 1.54) is 0 Å². The first-order valence-corrected chi connectivity index (χ1v) is 10.4. The maximum atomic E-state index is 13.4. The van der Waals surface area contributed by atoms with Gasteiger partial charge in [0.2, 0.25) is 17.7 Å². The van der Waals surface area contributed by atoms with Crippen LogP contribution in [0.15, 0.2) is 36.4 Å². The molecule has 4 aliphatic heterocycles. The van der Waals surface area contributed by atoms with Gasteiger partial charge in [0.1, 0.15) is 11.4 Å². The van der Waals surface area contributed by atoms with Crippen LogP contribution in [0.3, 0.4) is 0 Å². The normalized spacial score (nSPS) is 32.2. The first-order valence-electron chi connectivity index (χ1n) is 10.4. The second kappa shape index (κ2) is 7.12. The zero-order valence-corrected chi connectivity index (χ0v) is 16.9. The van der Waals surface area contributed by atoms with E-state index < -0.39 is 17.4 Å². The number of likely N-dealkylation sites (tertiary alicyclic amines) is 1. The Hall–Kier alpha value is -2.87. The lowest BCUT2D eigenvalue weighted by Gasteiger charge is -2.29. The Balaban J connectivity index is 1.37. The molecule has 8 nitrogen and oxygen atoms in total. The van der Waals surface area contributed by atoms with Crippen LogP contribution in [0, 0.1) is 11.8 Å². The number of carbonyl (C=O) groups is 3. The van der Waals surface area contributed by atoms with Crippen LogP contribution >= 0.6 is 0 Å². The summed E-state index contributed by atoms with van der Waals surface area (Å²) in [4.78, 5) is 41.9. The fraction of sp³-hybridized carbons (Fsp3) is 0.500. The highest BCUT2D eigenvalue weighted by Gasteiger charge is 2.67. The molecule has 2 bridgehead atoms. The van der Waals surface area contributed by atoms with Crippen LogP contribution in [0.25, 0.3) is 0 Å². The molecule has 30 heavy (non-hydrogen) atoms. The lowest BCUT2D eigenvalue weighted by atomic mass is 9.76. The van der Waals surface area contributed by atoms with Crippen molar-refractivity contribution >= 4 is 17.7 Å². The van der Waals surface area contributed by atoms with Crippen molar-refractivity contribution in [3.8, 4) is 5.75 Å². The summed E-state index contributed by atoms with van der Waals surface area (Å²) in [5, 5.41) is 2.79. The summed E-state index contributed by atoms with van der Waals surface area (Å²) in [6.45, 7) is 2.14. The molecule has 1 aromatic rings. The van der Waals surface area contributed by atoms with Crippen LogP contribution in [0.2, 0.25) is 0 Å². The Morgan fingerprint density at radius 3 is 3.03 bits per heavy atom. The topological polar surface area (TPSA) is 88.2 Å². The number of ether oxygens (including phenoxy) is 2. The predicted octanol–water partition coefficient (Wildman–Crippen LogP) is 0.326. The van der Waals surface area contributed by atoms with E-state index >= 15 is 0 Å². The molecular formula is C22H25N3O5. The van der Waals surface area contributed by atoms with Crippen LogP contribution < -0.4 is 10.1 Å². The van der Waals surface area contributed by atoms with Crippen molar-refractivity contribution < 1.29 is 23.9 Å². The summed E-state index contributed by atoms with van der Waals surface area (Å²) in [5.74, 6) is -0.501. The molecule has 3 saturated heterocycles. The monoisotopic (exact) mass is 411 g/mol. The quantitative estimate of drug-likeness (QED) is 0.722. The van der Waals surface area contributed by atoms with Gasteiger partial charge in [0.05, 0.1) is 31.6 Å². The highest BCUT2D eigenvalue weighted by molar-refractivity contribution is 5.93. The first kappa shape index (κ1) is 19.1. The van der Waals surface area contributed by atoms with Gasteiger partial charge in [-0.1, -0.05) is 24.3 Å². The van der Waals surface area contributed by atoms with Crippen molar-refractivity contribution in [2.24, 2.45) is 11.8 Å². The number of hydrogen-bond donors (Lipinski definition) is 1. The van der Waals surface area contributed by atoms with E-state index in [1.807, 2.05) is 36.4 Å². The van der Waals surface area contributed by atoms with Gasteiger partial charge < -0.3 is 24.6 Å². The Kier molecular flexibility index (Phi) is 4.54. The highest BCUT2D eigenvalue weighted by Crippen LogP contribution is 2.52. The van der Waals surface area contributed by atoms with Crippen LogP contribution in [0.5, 0.6) is 5.75 Å². The van der Waals surface area contributed by atoms with E-state index in [1.54, 1.807) is 16.9 Å². The van der Waals surface area contributed by atoms with Crippen molar-refractivity contribution in [1.82, 2.24) is 15.1 Å². The second-order valence-corrected chi connectivity index (χ2v) is 8.37. The molecule has 1 N–H and O–H groups in total. The Bertz CT molecular complexity index is 931. The van der Waals surface area contributed by atoms with Crippen molar-refractivity contribution in [1.29, 1.82) is 0 Å². The maximum absolute atomic E-state index is 13.4. The lowest BCUT2D eigenvalue weighted by Crippen LogP contribution is -2.47. The Morgan fingerprint density at radius 2 is 2.20 bits per heavy atom. The third-order valence-corrected chi connectivity index (χ3v) is 6.60. The third-order valence-electron chi connectivity index (χ3n) is 6.60. The number of carbonyl (C=O) groups excluding carboxylic acids is 3. The molecule has 0 radical (unpaired) electrons. The molecule has 158 valence electrons. The Morgan fingerprint density at radius 1 is 1.33 bits per heavy atom. The number of methoxy groups -OCH3 is 1. The summed E-state index contributed by atoms with van der Waals surface area (Å²) in [6.07, 6.45) is 3.79. The van der Waals surface area contributed by atoms with Crippen LogP contribution in [0.1, 0.15) is 12.0 Å². The van der Waals surface area contributed by atoms with Crippen molar-refractivity contribution in [3.05, 3.63) is 42.0 Å². The summed E-state index contributed by atoms with van der Waals surface area (Å²) < 4.78 is 11.5. The molecule has 0 saturated carbocycles. The molecule has 5 rings (SSSR count). The van der Waals surface area contributed by atoms with Gasteiger partial charge in [0, 0.05) is 32.6 Å². The van der Waals surface area contributed by atoms with Gasteiger partial charge in [-0.05, 0) is 17.7 Å². The van der Waals surface area contributed by atoms with Gasteiger partial charge in [-0.25, -0.2) is 0 Å². The van der Waals surface area contributed by atoms with Crippen molar-refractivity contribution in [3.63, 3.8) is 0 Å². The molecule has 4 atom stereocenters. The molecule has 1 aromatic carbocycles. The van der Waals surface area contributed by atoms with Crippen molar-refractivity contribution in [2.45, 2.75) is 24.7 Å². The molecule has 0 aromatic heterocycles. The predicted molar refractivity (Wildman–Crippen MR) is 106 cm³/mol. The van der Waals surface area contributed by atoms with E-state index in [4.69, 9.17) is 9.47 Å². The number of benzene rings is 1. The third kappa shape index (κ3) is 2.98. The molecule has 1 spiro atoms. The minimum absolute atomic E-state index is 0.0488. The van der Waals surface area contributed by atoms with Gasteiger partial charge >= 0.3 is 0 Å². The van der Waals surface area contributed by atoms with E-state index in [9.17, 15) is 14.4 Å². The van der Waals surface area contributed by atoms with Crippen LogP contribution in [-0.4, -0.2) is 72.5 Å². The van der Waals surface area contributed by atoms with E-state index in [0.29, 0.717) is 32.7 Å².